The van der Waals surface area contributed by atoms with Gasteiger partial charge >= 0.3 is 0 Å². The van der Waals surface area contributed by atoms with Crippen LogP contribution in [0.4, 0.5) is 0 Å². The maximum atomic E-state index is 5.58. The predicted molar refractivity (Wildman–Crippen MR) is 121 cm³/mol. The molecule has 158 valence electrons. The van der Waals surface area contributed by atoms with Gasteiger partial charge in [0.15, 0.2) is 11.5 Å². The van der Waals surface area contributed by atoms with Crippen LogP contribution in [0.3, 0.4) is 0 Å². The first-order valence-electron chi connectivity index (χ1n) is 9.55. The van der Waals surface area contributed by atoms with Crippen LogP contribution in [0.2, 0.25) is 0 Å². The minimum absolute atomic E-state index is 0. The van der Waals surface area contributed by atoms with Crippen LogP contribution in [0.25, 0.3) is 11.1 Å². The van der Waals surface area contributed by atoms with Gasteiger partial charge in [0, 0.05) is 24.0 Å². The SMILES string of the molecule is COc1ccncc1-c1ccc(CC2NCCc3cc4c(cc32)OCO4)cc1.Cl.Cl. The van der Waals surface area contributed by atoms with Crippen molar-refractivity contribution < 1.29 is 14.2 Å². The summed E-state index contributed by atoms with van der Waals surface area (Å²) in [6, 6.07) is 15.1. The number of halogens is 2. The number of pyridine rings is 1. The summed E-state index contributed by atoms with van der Waals surface area (Å²) in [7, 11) is 1.69. The lowest BCUT2D eigenvalue weighted by atomic mass is 9.89. The Morgan fingerprint density at radius 2 is 1.83 bits per heavy atom. The molecule has 1 N–H and O–H groups in total. The lowest BCUT2D eigenvalue weighted by Gasteiger charge is -2.27. The number of benzene rings is 2. The first kappa shape index (κ1) is 22.2. The number of ether oxygens (including phenoxy) is 3. The maximum absolute atomic E-state index is 5.58. The molecule has 0 saturated heterocycles. The molecule has 0 bridgehead atoms. The predicted octanol–water partition coefficient (Wildman–Crippen LogP) is 4.76. The summed E-state index contributed by atoms with van der Waals surface area (Å²) in [5.74, 6) is 2.56. The van der Waals surface area contributed by atoms with Gasteiger partial charge in [0.25, 0.3) is 0 Å². The molecule has 3 heterocycles. The summed E-state index contributed by atoms with van der Waals surface area (Å²) in [5.41, 5.74) is 6.06. The summed E-state index contributed by atoms with van der Waals surface area (Å²) in [5, 5.41) is 3.65. The summed E-state index contributed by atoms with van der Waals surface area (Å²) < 4.78 is 16.6. The molecule has 1 atom stereocenters. The van der Waals surface area contributed by atoms with Crippen molar-refractivity contribution in [2.24, 2.45) is 0 Å². The zero-order valence-corrected chi connectivity index (χ0v) is 18.2. The largest absolute Gasteiger partial charge is 0.496 e. The molecule has 5 rings (SSSR count). The first-order valence-corrected chi connectivity index (χ1v) is 9.55. The van der Waals surface area contributed by atoms with E-state index in [1.165, 1.54) is 16.7 Å². The van der Waals surface area contributed by atoms with E-state index in [1.807, 2.05) is 12.3 Å². The molecule has 2 aromatic carbocycles. The molecule has 7 heteroatoms. The van der Waals surface area contributed by atoms with Crippen molar-refractivity contribution in [3.05, 3.63) is 71.5 Å². The molecule has 1 aromatic heterocycles. The molecule has 0 spiro atoms. The van der Waals surface area contributed by atoms with Crippen molar-refractivity contribution in [3.8, 4) is 28.4 Å². The number of nitrogens with zero attached hydrogens (tertiary/aromatic N) is 1. The number of methoxy groups -OCH3 is 1. The van der Waals surface area contributed by atoms with Gasteiger partial charge in [-0.05, 0) is 59.8 Å². The number of fused-ring (bicyclic) bond motifs is 2. The number of nitrogens with one attached hydrogen (secondary N) is 1. The van der Waals surface area contributed by atoms with Crippen molar-refractivity contribution in [2.45, 2.75) is 18.9 Å². The van der Waals surface area contributed by atoms with Crippen molar-refractivity contribution >= 4 is 24.8 Å². The second-order valence-corrected chi connectivity index (χ2v) is 7.14. The molecule has 5 nitrogen and oxygen atoms in total. The Morgan fingerprint density at radius 1 is 1.07 bits per heavy atom. The Morgan fingerprint density at radius 3 is 2.60 bits per heavy atom. The van der Waals surface area contributed by atoms with Crippen LogP contribution in [-0.4, -0.2) is 25.4 Å². The van der Waals surface area contributed by atoms with Gasteiger partial charge in [-0.15, -0.1) is 24.8 Å². The van der Waals surface area contributed by atoms with Gasteiger partial charge in [0.1, 0.15) is 5.75 Å². The highest BCUT2D eigenvalue weighted by Gasteiger charge is 2.25. The quantitative estimate of drug-likeness (QED) is 0.625. The van der Waals surface area contributed by atoms with Gasteiger partial charge in [-0.3, -0.25) is 4.98 Å². The third-order valence-corrected chi connectivity index (χ3v) is 5.50. The Labute approximate surface area is 188 Å². The average Bonchev–Trinajstić information content (AvgIpc) is 3.20. The lowest BCUT2D eigenvalue weighted by molar-refractivity contribution is 0.174. The number of aromatic nitrogens is 1. The summed E-state index contributed by atoms with van der Waals surface area (Å²) >= 11 is 0. The maximum Gasteiger partial charge on any atom is 0.231 e. The van der Waals surface area contributed by atoms with Crippen LogP contribution in [0, 0.1) is 0 Å². The van der Waals surface area contributed by atoms with Crippen LogP contribution in [0.15, 0.2) is 54.9 Å². The molecule has 3 aromatic rings. The number of rotatable bonds is 4. The van der Waals surface area contributed by atoms with Gasteiger partial charge in [-0.2, -0.15) is 0 Å². The molecule has 2 aliphatic heterocycles. The van der Waals surface area contributed by atoms with E-state index in [1.54, 1.807) is 13.3 Å². The van der Waals surface area contributed by atoms with Crippen molar-refractivity contribution in [2.75, 3.05) is 20.4 Å². The Balaban J connectivity index is 0.00000128. The van der Waals surface area contributed by atoms with Gasteiger partial charge in [-0.25, -0.2) is 0 Å². The Kier molecular flexibility index (Phi) is 7.08. The summed E-state index contributed by atoms with van der Waals surface area (Å²) in [4.78, 5) is 4.23. The topological polar surface area (TPSA) is 52.6 Å². The second-order valence-electron chi connectivity index (χ2n) is 7.14. The second kappa shape index (κ2) is 9.56. The monoisotopic (exact) mass is 446 g/mol. The third kappa shape index (κ3) is 4.19. The van der Waals surface area contributed by atoms with Gasteiger partial charge < -0.3 is 19.5 Å². The first-order chi connectivity index (χ1) is 13.8. The number of hydrogen-bond donors (Lipinski definition) is 1. The van der Waals surface area contributed by atoms with E-state index < -0.39 is 0 Å². The van der Waals surface area contributed by atoms with Gasteiger partial charge in [0.05, 0.1) is 7.11 Å². The van der Waals surface area contributed by atoms with Crippen LogP contribution in [-0.2, 0) is 12.8 Å². The highest BCUT2D eigenvalue weighted by molar-refractivity contribution is 5.85. The molecule has 0 amide bonds. The van der Waals surface area contributed by atoms with Crippen LogP contribution < -0.4 is 19.5 Å². The van der Waals surface area contributed by atoms with Gasteiger partial charge in [-0.1, -0.05) is 24.3 Å². The van der Waals surface area contributed by atoms with E-state index in [2.05, 4.69) is 46.7 Å². The highest BCUT2D eigenvalue weighted by Crippen LogP contribution is 2.39. The molecule has 1 unspecified atom stereocenters. The normalized spacial score (nSPS) is 16.1. The third-order valence-electron chi connectivity index (χ3n) is 5.50. The van der Waals surface area contributed by atoms with E-state index >= 15 is 0 Å². The fourth-order valence-electron chi connectivity index (χ4n) is 4.05. The minimum Gasteiger partial charge on any atom is -0.496 e. The fourth-order valence-corrected chi connectivity index (χ4v) is 4.05. The molecule has 30 heavy (non-hydrogen) atoms. The van der Waals surface area contributed by atoms with Crippen molar-refractivity contribution in [3.63, 3.8) is 0 Å². The molecule has 0 saturated carbocycles. The molecule has 0 radical (unpaired) electrons. The van der Waals surface area contributed by atoms with E-state index in [4.69, 9.17) is 14.2 Å². The molecule has 0 fully saturated rings. The van der Waals surface area contributed by atoms with Crippen LogP contribution >= 0.6 is 24.8 Å². The van der Waals surface area contributed by atoms with Crippen LogP contribution in [0.1, 0.15) is 22.7 Å². The Hall–Kier alpha value is -2.47. The number of hydrogen-bond acceptors (Lipinski definition) is 5. The average molecular weight is 447 g/mol. The zero-order chi connectivity index (χ0) is 18.9. The van der Waals surface area contributed by atoms with E-state index in [-0.39, 0.29) is 30.9 Å². The standard InChI is InChI=1S/C23H22N2O3.2ClH/c1-26-21-7-8-24-13-19(21)16-4-2-15(3-5-16)10-20-18-12-23-22(27-14-28-23)11-17(18)6-9-25-20;;/h2-5,7-8,11-13,20,25H,6,9-10,14H2,1H3;2*1H. The molecular formula is C23H24Cl2N2O3. The summed E-state index contributed by atoms with van der Waals surface area (Å²) in [6.45, 7) is 1.29. The van der Waals surface area contributed by atoms with E-state index in [0.717, 1.165) is 47.8 Å². The molecular weight excluding hydrogens is 423 g/mol. The highest BCUT2D eigenvalue weighted by atomic mass is 35.5. The molecule has 2 aliphatic rings. The van der Waals surface area contributed by atoms with Crippen molar-refractivity contribution in [1.82, 2.24) is 10.3 Å². The summed E-state index contributed by atoms with van der Waals surface area (Å²) in [6.07, 6.45) is 5.53. The Bertz CT molecular complexity index is 1010. The molecule has 0 aliphatic carbocycles. The zero-order valence-electron chi connectivity index (χ0n) is 16.6. The fraction of sp³-hybridized carbons (Fsp3) is 0.261. The van der Waals surface area contributed by atoms with Crippen molar-refractivity contribution in [1.29, 1.82) is 0 Å². The van der Waals surface area contributed by atoms with E-state index in [0.29, 0.717) is 6.79 Å². The minimum atomic E-state index is 0. The lowest BCUT2D eigenvalue weighted by Crippen LogP contribution is -2.31. The smallest absolute Gasteiger partial charge is 0.231 e. The van der Waals surface area contributed by atoms with Gasteiger partial charge in [0.2, 0.25) is 6.79 Å². The van der Waals surface area contributed by atoms with Crippen LogP contribution in [0.5, 0.6) is 17.2 Å². The van der Waals surface area contributed by atoms with E-state index in [9.17, 15) is 0 Å².